The molecule has 1 N–H and O–H groups in total. The average Bonchev–Trinajstić information content (AvgIpc) is 3.44. The molecule has 4 rings (SSSR count). The van der Waals surface area contributed by atoms with Crippen LogP contribution in [0.1, 0.15) is 30.1 Å². The van der Waals surface area contributed by atoms with Crippen molar-refractivity contribution in [3.8, 4) is 11.3 Å². The van der Waals surface area contributed by atoms with Crippen molar-refractivity contribution in [1.29, 1.82) is 0 Å². The first-order chi connectivity index (χ1) is 14.7. The summed E-state index contributed by atoms with van der Waals surface area (Å²) in [7, 11) is 0. The van der Waals surface area contributed by atoms with E-state index in [0.29, 0.717) is 25.1 Å². The molecule has 0 radical (unpaired) electrons. The number of benzene rings is 1. The molecule has 1 atom stereocenters. The van der Waals surface area contributed by atoms with Gasteiger partial charge < -0.3 is 15.0 Å². The minimum atomic E-state index is -0.490. The minimum Gasteiger partial charge on any atom is -0.464 e. The number of esters is 1. The molecular weight excluding hydrogens is 400 g/mol. The third kappa shape index (κ3) is 4.33. The summed E-state index contributed by atoms with van der Waals surface area (Å²) in [4.78, 5) is 35.5. The number of pyridine rings is 1. The van der Waals surface area contributed by atoms with Crippen LogP contribution in [0.25, 0.3) is 11.3 Å². The topological polar surface area (TPSA) is 84.4 Å². The molecule has 7 nitrogen and oxygen atoms in total. The van der Waals surface area contributed by atoms with Crippen LogP contribution in [-0.4, -0.2) is 45.9 Å². The van der Waals surface area contributed by atoms with E-state index in [2.05, 4.69) is 15.3 Å². The van der Waals surface area contributed by atoms with Gasteiger partial charge in [-0.25, -0.2) is 14.8 Å². The van der Waals surface area contributed by atoms with E-state index in [4.69, 9.17) is 4.74 Å². The fourth-order valence-corrected chi connectivity index (χ4v) is 4.18. The third-order valence-corrected chi connectivity index (χ3v) is 5.66. The molecule has 1 fully saturated rings. The number of anilines is 2. The maximum atomic E-state index is 12.9. The Kier molecular flexibility index (Phi) is 6.04. The van der Waals surface area contributed by atoms with Crippen molar-refractivity contribution >= 4 is 34.2 Å². The van der Waals surface area contributed by atoms with E-state index >= 15 is 0 Å². The first kappa shape index (κ1) is 20.0. The van der Waals surface area contributed by atoms with Crippen molar-refractivity contribution < 1.29 is 14.3 Å². The lowest BCUT2D eigenvalue weighted by Crippen LogP contribution is -2.41. The molecule has 8 heteroatoms. The number of carbonyl (C=O) groups excluding carboxylic acids is 2. The number of hydrogen-bond donors (Lipinski definition) is 1. The van der Waals surface area contributed by atoms with Crippen LogP contribution in [0.3, 0.4) is 0 Å². The second-order valence-corrected chi connectivity index (χ2v) is 7.72. The molecule has 1 aliphatic rings. The monoisotopic (exact) mass is 422 g/mol. The van der Waals surface area contributed by atoms with Crippen molar-refractivity contribution in [2.75, 3.05) is 18.5 Å². The lowest BCUT2D eigenvalue weighted by molar-refractivity contribution is -0.147. The average molecular weight is 423 g/mol. The zero-order chi connectivity index (χ0) is 20.9. The van der Waals surface area contributed by atoms with E-state index in [9.17, 15) is 9.59 Å². The Bertz CT molecular complexity index is 1020. The number of thiazole rings is 1. The minimum absolute atomic E-state index is 0.145. The van der Waals surface area contributed by atoms with Gasteiger partial charge in [0.1, 0.15) is 11.9 Å². The highest BCUT2D eigenvalue weighted by Crippen LogP contribution is 2.28. The van der Waals surface area contributed by atoms with Crippen LogP contribution >= 0.6 is 11.3 Å². The fourth-order valence-electron chi connectivity index (χ4n) is 3.45. The molecule has 3 aromatic rings. The quantitative estimate of drug-likeness (QED) is 0.602. The van der Waals surface area contributed by atoms with Gasteiger partial charge in [0.05, 0.1) is 12.3 Å². The number of aromatic nitrogens is 2. The summed E-state index contributed by atoms with van der Waals surface area (Å²) in [5.41, 5.74) is 2.29. The van der Waals surface area contributed by atoms with Gasteiger partial charge in [-0.2, -0.15) is 0 Å². The van der Waals surface area contributed by atoms with Crippen LogP contribution in [0.15, 0.2) is 54.0 Å². The molecular formula is C22H22N4O3S. The Hall–Kier alpha value is -3.26. The van der Waals surface area contributed by atoms with Gasteiger partial charge in [-0.05, 0) is 44.0 Å². The predicted molar refractivity (Wildman–Crippen MR) is 116 cm³/mol. The Balaban J connectivity index is 1.45. The first-order valence-corrected chi connectivity index (χ1v) is 10.8. The van der Waals surface area contributed by atoms with Crippen LogP contribution < -0.4 is 5.32 Å². The molecule has 0 saturated carbocycles. The summed E-state index contributed by atoms with van der Waals surface area (Å²) in [5, 5.41) is 5.88. The van der Waals surface area contributed by atoms with Crippen LogP contribution in [0.5, 0.6) is 0 Å². The number of rotatable bonds is 6. The second-order valence-electron chi connectivity index (χ2n) is 6.86. The van der Waals surface area contributed by atoms with Crippen molar-refractivity contribution in [3.05, 3.63) is 59.6 Å². The van der Waals surface area contributed by atoms with E-state index in [1.54, 1.807) is 30.2 Å². The molecule has 1 saturated heterocycles. The SMILES string of the molecule is CCOC(=O)C1CCCN1C(=O)c1ccc(-c2csc(Nc3ccccn3)n2)cc1. The first-order valence-electron chi connectivity index (χ1n) is 9.87. The molecule has 0 bridgehead atoms. The number of carbonyl (C=O) groups is 2. The standard InChI is InChI=1S/C22H22N4O3S/c1-2-29-21(28)18-6-5-13-26(18)20(27)16-10-8-15(9-11-16)17-14-30-22(24-17)25-19-7-3-4-12-23-19/h3-4,7-12,14,18H,2,5-6,13H2,1H3,(H,23,24,25). The highest BCUT2D eigenvalue weighted by Gasteiger charge is 2.35. The highest BCUT2D eigenvalue weighted by atomic mass is 32.1. The summed E-state index contributed by atoms with van der Waals surface area (Å²) in [5.74, 6) is 0.268. The summed E-state index contributed by atoms with van der Waals surface area (Å²) in [6.07, 6.45) is 3.17. The summed E-state index contributed by atoms with van der Waals surface area (Å²) in [6, 6.07) is 12.5. The maximum Gasteiger partial charge on any atom is 0.328 e. The van der Waals surface area contributed by atoms with E-state index in [0.717, 1.165) is 28.6 Å². The van der Waals surface area contributed by atoms with Crippen LogP contribution in [-0.2, 0) is 9.53 Å². The summed E-state index contributed by atoms with van der Waals surface area (Å²) >= 11 is 1.49. The Morgan fingerprint density at radius 3 is 2.80 bits per heavy atom. The van der Waals surface area contributed by atoms with Gasteiger partial charge >= 0.3 is 5.97 Å². The number of hydrogen-bond acceptors (Lipinski definition) is 7. The van der Waals surface area contributed by atoms with Gasteiger partial charge in [0, 0.05) is 29.2 Å². The van der Waals surface area contributed by atoms with Crippen molar-refractivity contribution in [1.82, 2.24) is 14.9 Å². The van der Waals surface area contributed by atoms with Gasteiger partial charge in [-0.1, -0.05) is 18.2 Å². The molecule has 2 aromatic heterocycles. The lowest BCUT2D eigenvalue weighted by atomic mass is 10.1. The zero-order valence-corrected chi connectivity index (χ0v) is 17.4. The smallest absolute Gasteiger partial charge is 0.328 e. The molecule has 0 spiro atoms. The van der Waals surface area contributed by atoms with E-state index < -0.39 is 6.04 Å². The van der Waals surface area contributed by atoms with Gasteiger partial charge in [0.2, 0.25) is 0 Å². The molecule has 154 valence electrons. The number of amides is 1. The molecule has 1 aliphatic heterocycles. The molecule has 3 heterocycles. The number of ether oxygens (including phenoxy) is 1. The van der Waals surface area contributed by atoms with Crippen molar-refractivity contribution in [2.45, 2.75) is 25.8 Å². The Labute approximate surface area is 178 Å². The van der Waals surface area contributed by atoms with E-state index in [1.165, 1.54) is 11.3 Å². The lowest BCUT2D eigenvalue weighted by Gasteiger charge is -2.23. The Morgan fingerprint density at radius 2 is 2.07 bits per heavy atom. The van der Waals surface area contributed by atoms with Crippen molar-refractivity contribution in [3.63, 3.8) is 0 Å². The summed E-state index contributed by atoms with van der Waals surface area (Å²) < 4.78 is 5.11. The second kappa shape index (κ2) is 9.04. The largest absolute Gasteiger partial charge is 0.464 e. The number of nitrogens with one attached hydrogen (secondary N) is 1. The van der Waals surface area contributed by atoms with E-state index in [-0.39, 0.29) is 11.9 Å². The maximum absolute atomic E-state index is 12.9. The van der Waals surface area contributed by atoms with Crippen LogP contribution in [0.4, 0.5) is 10.9 Å². The van der Waals surface area contributed by atoms with Crippen molar-refractivity contribution in [2.24, 2.45) is 0 Å². The van der Waals surface area contributed by atoms with Gasteiger partial charge in [-0.15, -0.1) is 11.3 Å². The molecule has 0 aliphatic carbocycles. The number of nitrogens with zero attached hydrogens (tertiary/aromatic N) is 3. The van der Waals surface area contributed by atoms with Crippen LogP contribution in [0, 0.1) is 0 Å². The Morgan fingerprint density at radius 1 is 1.23 bits per heavy atom. The van der Waals surface area contributed by atoms with Crippen LogP contribution in [0.2, 0.25) is 0 Å². The normalized spacial score (nSPS) is 15.8. The third-order valence-electron chi connectivity index (χ3n) is 4.90. The highest BCUT2D eigenvalue weighted by molar-refractivity contribution is 7.14. The molecule has 30 heavy (non-hydrogen) atoms. The predicted octanol–water partition coefficient (Wildman–Crippen LogP) is 4.12. The zero-order valence-electron chi connectivity index (χ0n) is 16.6. The fraction of sp³-hybridized carbons (Fsp3) is 0.273. The van der Waals surface area contributed by atoms with E-state index in [1.807, 2.05) is 35.7 Å². The molecule has 1 aromatic carbocycles. The van der Waals surface area contributed by atoms with Gasteiger partial charge in [0.25, 0.3) is 5.91 Å². The van der Waals surface area contributed by atoms with Gasteiger partial charge in [-0.3, -0.25) is 4.79 Å². The van der Waals surface area contributed by atoms with Gasteiger partial charge in [0.15, 0.2) is 5.13 Å². The number of likely N-dealkylation sites (tertiary alicyclic amines) is 1. The molecule has 1 amide bonds. The summed E-state index contributed by atoms with van der Waals surface area (Å²) in [6.45, 7) is 2.66. The molecule has 1 unspecified atom stereocenters.